The second-order valence-electron chi connectivity index (χ2n) is 6.07. The highest BCUT2D eigenvalue weighted by Gasteiger charge is 2.28. The molecule has 4 heteroatoms. The Bertz CT molecular complexity index is 245. The minimum Gasteiger partial charge on any atom is -0.356 e. The third-order valence-electron chi connectivity index (χ3n) is 3.68. The van der Waals surface area contributed by atoms with E-state index in [0.29, 0.717) is 5.92 Å². The molecule has 106 valence electrons. The van der Waals surface area contributed by atoms with E-state index in [-0.39, 0.29) is 17.9 Å². The highest BCUT2D eigenvalue weighted by Crippen LogP contribution is 2.27. The second kappa shape index (κ2) is 7.74. The Morgan fingerprint density at radius 2 is 2.00 bits per heavy atom. The molecule has 1 aliphatic rings. The average molecular weight is 255 g/mol. The van der Waals surface area contributed by atoms with E-state index in [1.807, 2.05) is 0 Å². The summed E-state index contributed by atoms with van der Waals surface area (Å²) in [4.78, 5) is 14.2. The number of nitrogens with zero attached hydrogens (tertiary/aromatic N) is 1. The van der Waals surface area contributed by atoms with Gasteiger partial charge in [-0.1, -0.05) is 6.92 Å². The number of nitrogens with two attached hydrogens (primary N) is 1. The van der Waals surface area contributed by atoms with Crippen molar-refractivity contribution in [3.63, 3.8) is 0 Å². The van der Waals surface area contributed by atoms with Gasteiger partial charge in [0, 0.05) is 18.5 Å². The van der Waals surface area contributed by atoms with Crippen molar-refractivity contribution >= 4 is 5.91 Å². The van der Waals surface area contributed by atoms with Crippen LogP contribution in [0.4, 0.5) is 0 Å². The lowest BCUT2D eigenvalue weighted by atomic mass is 9.79. The number of carbonyl (C=O) groups is 1. The highest BCUT2D eigenvalue weighted by atomic mass is 16.1. The van der Waals surface area contributed by atoms with E-state index in [4.69, 9.17) is 5.73 Å². The molecule has 1 amide bonds. The number of carbonyl (C=O) groups excluding carboxylic acids is 1. The summed E-state index contributed by atoms with van der Waals surface area (Å²) in [5, 5.41) is 3.05. The van der Waals surface area contributed by atoms with Gasteiger partial charge >= 0.3 is 0 Å². The van der Waals surface area contributed by atoms with E-state index in [9.17, 15) is 4.79 Å². The van der Waals surface area contributed by atoms with Crippen LogP contribution in [0.3, 0.4) is 0 Å². The fraction of sp³-hybridized carbons (Fsp3) is 0.929. The average Bonchev–Trinajstić information content (AvgIpc) is 2.26. The molecule has 3 N–H and O–H groups in total. The molecular formula is C14H29N3O. The van der Waals surface area contributed by atoms with Crippen molar-refractivity contribution in [2.75, 3.05) is 27.2 Å². The predicted molar refractivity (Wildman–Crippen MR) is 75.3 cm³/mol. The maximum Gasteiger partial charge on any atom is 0.223 e. The largest absolute Gasteiger partial charge is 0.356 e. The van der Waals surface area contributed by atoms with Gasteiger partial charge in [0.25, 0.3) is 0 Å². The molecule has 0 bridgehead atoms. The number of rotatable bonds is 6. The summed E-state index contributed by atoms with van der Waals surface area (Å²) >= 11 is 0. The summed E-state index contributed by atoms with van der Waals surface area (Å²) in [5.41, 5.74) is 5.98. The van der Waals surface area contributed by atoms with Gasteiger partial charge in [-0.25, -0.2) is 0 Å². The third kappa shape index (κ3) is 5.83. The molecule has 0 radical (unpaired) electrons. The fourth-order valence-corrected chi connectivity index (χ4v) is 2.78. The van der Waals surface area contributed by atoms with Crippen molar-refractivity contribution in [1.29, 1.82) is 0 Å². The van der Waals surface area contributed by atoms with Crippen molar-refractivity contribution in [2.45, 2.75) is 45.1 Å². The molecule has 0 saturated heterocycles. The van der Waals surface area contributed by atoms with Crippen molar-refractivity contribution in [3.8, 4) is 0 Å². The van der Waals surface area contributed by atoms with Gasteiger partial charge < -0.3 is 16.0 Å². The molecular weight excluding hydrogens is 226 g/mol. The summed E-state index contributed by atoms with van der Waals surface area (Å²) in [7, 11) is 4.15. The zero-order chi connectivity index (χ0) is 13.5. The molecule has 1 rings (SSSR count). The summed E-state index contributed by atoms with van der Waals surface area (Å²) in [6.07, 6.45) is 5.10. The van der Waals surface area contributed by atoms with Crippen molar-refractivity contribution < 1.29 is 4.79 Å². The Morgan fingerprint density at radius 1 is 1.28 bits per heavy atom. The van der Waals surface area contributed by atoms with Crippen LogP contribution in [-0.2, 0) is 4.79 Å². The number of hydrogen-bond acceptors (Lipinski definition) is 3. The molecule has 1 fully saturated rings. The predicted octanol–water partition coefficient (Wildman–Crippen LogP) is 1.21. The van der Waals surface area contributed by atoms with Gasteiger partial charge in [0.15, 0.2) is 0 Å². The highest BCUT2D eigenvalue weighted by molar-refractivity contribution is 5.78. The number of amides is 1. The van der Waals surface area contributed by atoms with Gasteiger partial charge in [0.2, 0.25) is 5.91 Å². The maximum absolute atomic E-state index is 12.0. The van der Waals surface area contributed by atoms with Crippen molar-refractivity contribution in [1.82, 2.24) is 10.2 Å². The normalized spacial score (nSPS) is 28.4. The Balaban J connectivity index is 2.16. The lowest BCUT2D eigenvalue weighted by molar-refractivity contribution is -0.126. The monoisotopic (exact) mass is 255 g/mol. The van der Waals surface area contributed by atoms with E-state index < -0.39 is 0 Å². The Kier molecular flexibility index (Phi) is 6.65. The van der Waals surface area contributed by atoms with E-state index >= 15 is 0 Å². The Labute approximate surface area is 111 Å². The van der Waals surface area contributed by atoms with Gasteiger partial charge in [-0.15, -0.1) is 0 Å². The maximum atomic E-state index is 12.0. The first-order valence-electron chi connectivity index (χ1n) is 7.17. The minimum atomic E-state index is 0.137. The SMILES string of the molecule is CC1CC(N)CC(C(=O)NCCCCN(C)C)C1. The van der Waals surface area contributed by atoms with Crippen LogP contribution in [-0.4, -0.2) is 44.0 Å². The Morgan fingerprint density at radius 3 is 2.61 bits per heavy atom. The van der Waals surface area contributed by atoms with Crippen LogP contribution in [0.25, 0.3) is 0 Å². The minimum absolute atomic E-state index is 0.137. The van der Waals surface area contributed by atoms with Gasteiger partial charge in [-0.2, -0.15) is 0 Å². The first-order chi connectivity index (χ1) is 8.49. The molecule has 0 aliphatic heterocycles. The molecule has 0 heterocycles. The second-order valence-corrected chi connectivity index (χ2v) is 6.07. The number of hydrogen-bond donors (Lipinski definition) is 2. The van der Waals surface area contributed by atoms with E-state index in [1.165, 1.54) is 0 Å². The zero-order valence-electron chi connectivity index (χ0n) is 12.1. The summed E-state index contributed by atoms with van der Waals surface area (Å²) in [5.74, 6) is 0.928. The van der Waals surface area contributed by atoms with Crippen LogP contribution in [0.5, 0.6) is 0 Å². The fourth-order valence-electron chi connectivity index (χ4n) is 2.78. The molecule has 18 heavy (non-hydrogen) atoms. The lowest BCUT2D eigenvalue weighted by Crippen LogP contribution is -2.40. The molecule has 0 spiro atoms. The van der Waals surface area contributed by atoms with Crippen molar-refractivity contribution in [3.05, 3.63) is 0 Å². The van der Waals surface area contributed by atoms with Crippen LogP contribution in [0, 0.1) is 11.8 Å². The van der Waals surface area contributed by atoms with Crippen LogP contribution in [0.1, 0.15) is 39.0 Å². The molecule has 0 aromatic heterocycles. The van der Waals surface area contributed by atoms with Gasteiger partial charge in [0.05, 0.1) is 0 Å². The van der Waals surface area contributed by atoms with Crippen LogP contribution >= 0.6 is 0 Å². The topological polar surface area (TPSA) is 58.4 Å². The Hall–Kier alpha value is -0.610. The first kappa shape index (κ1) is 15.4. The van der Waals surface area contributed by atoms with Gasteiger partial charge in [-0.3, -0.25) is 4.79 Å². The number of nitrogens with one attached hydrogen (secondary N) is 1. The van der Waals surface area contributed by atoms with Crippen LogP contribution < -0.4 is 11.1 Å². The lowest BCUT2D eigenvalue weighted by Gasteiger charge is -2.30. The molecule has 0 aromatic rings. The molecule has 4 nitrogen and oxygen atoms in total. The standard InChI is InChI=1S/C14H29N3O/c1-11-8-12(10-13(15)9-11)14(18)16-6-4-5-7-17(2)3/h11-13H,4-10,15H2,1-3H3,(H,16,18). The molecule has 3 unspecified atom stereocenters. The molecule has 3 atom stereocenters. The summed E-state index contributed by atoms with van der Waals surface area (Å²) in [6, 6.07) is 0.207. The van der Waals surface area contributed by atoms with Crippen LogP contribution in [0.15, 0.2) is 0 Å². The van der Waals surface area contributed by atoms with Crippen LogP contribution in [0.2, 0.25) is 0 Å². The number of unbranched alkanes of at least 4 members (excludes halogenated alkanes) is 1. The van der Waals surface area contributed by atoms with E-state index in [1.54, 1.807) is 0 Å². The summed E-state index contributed by atoms with van der Waals surface area (Å²) in [6.45, 7) is 4.07. The van der Waals surface area contributed by atoms with Crippen molar-refractivity contribution in [2.24, 2.45) is 17.6 Å². The molecule has 0 aromatic carbocycles. The zero-order valence-corrected chi connectivity index (χ0v) is 12.1. The van der Waals surface area contributed by atoms with Gasteiger partial charge in [-0.05, 0) is 58.7 Å². The first-order valence-corrected chi connectivity index (χ1v) is 7.17. The smallest absolute Gasteiger partial charge is 0.223 e. The molecule has 1 saturated carbocycles. The van der Waals surface area contributed by atoms with E-state index in [0.717, 1.165) is 45.2 Å². The van der Waals surface area contributed by atoms with Gasteiger partial charge in [0.1, 0.15) is 0 Å². The third-order valence-corrected chi connectivity index (χ3v) is 3.68. The molecule has 1 aliphatic carbocycles. The summed E-state index contributed by atoms with van der Waals surface area (Å²) < 4.78 is 0. The quantitative estimate of drug-likeness (QED) is 0.701. The van der Waals surface area contributed by atoms with E-state index in [2.05, 4.69) is 31.2 Å².